The molecule has 2 aromatic rings. The summed E-state index contributed by atoms with van der Waals surface area (Å²) < 4.78 is 5.81. The number of aryl methyl sites for hydroxylation is 1. The predicted molar refractivity (Wildman–Crippen MR) is 113 cm³/mol. The quantitative estimate of drug-likeness (QED) is 0.642. The average Bonchev–Trinajstić information content (AvgIpc) is 2.58. The first-order valence-electron chi connectivity index (χ1n) is 9.34. The summed E-state index contributed by atoms with van der Waals surface area (Å²) in [5.74, 6) is 0.829. The van der Waals surface area contributed by atoms with Crippen LogP contribution in [0.1, 0.15) is 37.5 Å². The van der Waals surface area contributed by atoms with E-state index in [4.69, 9.17) is 27.9 Å². The molecule has 1 atom stereocenters. The number of quaternary nitrogens is 1. The Kier molecular flexibility index (Phi) is 7.99. The largest absolute Gasteiger partial charge is 0.490 e. The van der Waals surface area contributed by atoms with Crippen molar-refractivity contribution >= 4 is 23.2 Å². The van der Waals surface area contributed by atoms with Gasteiger partial charge in [-0.25, -0.2) is 0 Å². The molecule has 0 saturated carbocycles. The van der Waals surface area contributed by atoms with Crippen LogP contribution >= 0.6 is 23.2 Å². The molecule has 0 aliphatic carbocycles. The minimum Gasteiger partial charge on any atom is -0.490 e. The van der Waals surface area contributed by atoms with Crippen molar-refractivity contribution in [1.29, 1.82) is 0 Å². The summed E-state index contributed by atoms with van der Waals surface area (Å²) >= 11 is 12.1. The third-order valence-corrected chi connectivity index (χ3v) is 5.13. The molecule has 148 valence electrons. The summed E-state index contributed by atoms with van der Waals surface area (Å²) in [5, 5.41) is 13.6. The molecule has 0 amide bonds. The van der Waals surface area contributed by atoms with E-state index < -0.39 is 6.10 Å². The smallest absolute Gasteiger partial charge is 0.137 e. The Morgan fingerprint density at radius 3 is 2.48 bits per heavy atom. The lowest BCUT2D eigenvalue weighted by Gasteiger charge is -2.21. The van der Waals surface area contributed by atoms with E-state index in [9.17, 15) is 5.11 Å². The monoisotopic (exact) mass is 410 g/mol. The summed E-state index contributed by atoms with van der Waals surface area (Å²) in [4.78, 5) is 0. The van der Waals surface area contributed by atoms with E-state index in [-0.39, 0.29) is 12.0 Å². The summed E-state index contributed by atoms with van der Waals surface area (Å²) in [6.07, 6.45) is 0.309. The SMILES string of the molecule is Cc1cc(C(C)(C)C)ccc1OC[C@H](O)C[NH2+]CCc1ccc(Cl)cc1Cl. The van der Waals surface area contributed by atoms with Crippen LogP contribution in [-0.4, -0.2) is 30.9 Å². The third kappa shape index (κ3) is 7.00. The Labute approximate surface area is 172 Å². The highest BCUT2D eigenvalue weighted by atomic mass is 35.5. The van der Waals surface area contributed by atoms with E-state index in [1.165, 1.54) is 5.56 Å². The maximum Gasteiger partial charge on any atom is 0.137 e. The molecule has 0 aliphatic rings. The van der Waals surface area contributed by atoms with Crippen LogP contribution in [0.3, 0.4) is 0 Å². The highest BCUT2D eigenvalue weighted by Gasteiger charge is 2.15. The van der Waals surface area contributed by atoms with Crippen molar-refractivity contribution in [3.05, 3.63) is 63.1 Å². The fourth-order valence-electron chi connectivity index (χ4n) is 2.82. The molecule has 2 aromatic carbocycles. The van der Waals surface area contributed by atoms with Crippen molar-refractivity contribution in [2.45, 2.75) is 45.6 Å². The fourth-order valence-corrected chi connectivity index (χ4v) is 3.33. The first kappa shape index (κ1) is 22.0. The van der Waals surface area contributed by atoms with E-state index in [0.717, 1.165) is 29.8 Å². The maximum absolute atomic E-state index is 10.2. The van der Waals surface area contributed by atoms with Crippen LogP contribution in [-0.2, 0) is 11.8 Å². The second-order valence-electron chi connectivity index (χ2n) is 7.99. The second kappa shape index (κ2) is 9.79. The Morgan fingerprint density at radius 2 is 1.85 bits per heavy atom. The van der Waals surface area contributed by atoms with Crippen LogP contribution in [0.5, 0.6) is 5.75 Å². The van der Waals surface area contributed by atoms with Gasteiger partial charge in [0, 0.05) is 16.5 Å². The number of rotatable bonds is 8. The summed E-state index contributed by atoms with van der Waals surface area (Å²) in [7, 11) is 0. The predicted octanol–water partition coefficient (Wildman–Crippen LogP) is 4.15. The van der Waals surface area contributed by atoms with Crippen molar-refractivity contribution in [1.82, 2.24) is 0 Å². The van der Waals surface area contributed by atoms with Gasteiger partial charge in [-0.15, -0.1) is 0 Å². The van der Waals surface area contributed by atoms with Gasteiger partial charge < -0.3 is 15.2 Å². The second-order valence-corrected chi connectivity index (χ2v) is 8.84. The molecule has 0 spiro atoms. The molecule has 0 aromatic heterocycles. The van der Waals surface area contributed by atoms with Crippen LogP contribution in [0, 0.1) is 6.92 Å². The Balaban J connectivity index is 1.74. The molecule has 0 fully saturated rings. The Morgan fingerprint density at radius 1 is 1.11 bits per heavy atom. The zero-order chi connectivity index (χ0) is 20.0. The number of ether oxygens (including phenoxy) is 1. The van der Waals surface area contributed by atoms with Gasteiger partial charge in [0.2, 0.25) is 0 Å². The van der Waals surface area contributed by atoms with E-state index >= 15 is 0 Å². The van der Waals surface area contributed by atoms with E-state index in [2.05, 4.69) is 38.2 Å². The molecule has 3 nitrogen and oxygen atoms in total. The highest BCUT2D eigenvalue weighted by molar-refractivity contribution is 6.35. The van der Waals surface area contributed by atoms with Gasteiger partial charge in [0.15, 0.2) is 0 Å². The molecule has 0 aliphatic heterocycles. The molecule has 2 rings (SSSR count). The molecule has 27 heavy (non-hydrogen) atoms. The van der Waals surface area contributed by atoms with Crippen LogP contribution in [0.15, 0.2) is 36.4 Å². The lowest BCUT2D eigenvalue weighted by Crippen LogP contribution is -2.87. The molecule has 0 bridgehead atoms. The zero-order valence-corrected chi connectivity index (χ0v) is 18.1. The van der Waals surface area contributed by atoms with Crippen molar-refractivity contribution in [3.63, 3.8) is 0 Å². The highest BCUT2D eigenvalue weighted by Crippen LogP contribution is 2.27. The minimum atomic E-state index is -0.521. The van der Waals surface area contributed by atoms with E-state index in [0.29, 0.717) is 16.6 Å². The Hall–Kier alpha value is -1.26. The maximum atomic E-state index is 10.2. The van der Waals surface area contributed by atoms with Gasteiger partial charge in [-0.1, -0.05) is 62.2 Å². The van der Waals surface area contributed by atoms with Crippen molar-refractivity contribution < 1.29 is 15.2 Å². The molecule has 0 heterocycles. The van der Waals surface area contributed by atoms with Crippen molar-refractivity contribution in [2.75, 3.05) is 19.7 Å². The number of hydrogen-bond donors (Lipinski definition) is 2. The lowest BCUT2D eigenvalue weighted by molar-refractivity contribution is -0.660. The number of aliphatic hydroxyl groups excluding tert-OH is 1. The molecule has 3 N–H and O–H groups in total. The standard InChI is InChI=1S/C22H29Cl2NO2/c1-15-11-17(22(2,3)4)6-8-21(15)27-14-19(26)13-25-10-9-16-5-7-18(23)12-20(16)24/h5-8,11-12,19,25-26H,9-10,13-14H2,1-4H3/p+1/t19-/m1/s1. The summed E-state index contributed by atoms with van der Waals surface area (Å²) in [5.41, 5.74) is 3.56. The number of nitrogens with two attached hydrogens (primary N) is 1. The van der Waals surface area contributed by atoms with Crippen molar-refractivity contribution in [3.8, 4) is 5.75 Å². The fraction of sp³-hybridized carbons (Fsp3) is 0.455. The van der Waals surface area contributed by atoms with Crippen molar-refractivity contribution in [2.24, 2.45) is 0 Å². The van der Waals surface area contributed by atoms with Gasteiger partial charge in [0.1, 0.15) is 25.0 Å². The summed E-state index contributed by atoms with van der Waals surface area (Å²) in [6, 6.07) is 11.8. The first-order valence-corrected chi connectivity index (χ1v) is 10.1. The van der Waals surface area contributed by atoms with E-state index in [1.54, 1.807) is 6.07 Å². The Bertz CT molecular complexity index is 756. The number of halogens is 2. The normalized spacial score (nSPS) is 12.9. The molecule has 0 saturated heterocycles. The van der Waals surface area contributed by atoms with E-state index in [1.807, 2.05) is 25.1 Å². The van der Waals surface area contributed by atoms with Crippen LogP contribution in [0.25, 0.3) is 0 Å². The summed E-state index contributed by atoms with van der Waals surface area (Å²) in [6.45, 7) is 10.3. The third-order valence-electron chi connectivity index (χ3n) is 4.54. The van der Waals surface area contributed by atoms with Gasteiger partial charge in [-0.05, 0) is 47.2 Å². The van der Waals surface area contributed by atoms with Crippen LogP contribution in [0.2, 0.25) is 10.0 Å². The van der Waals surface area contributed by atoms with Gasteiger partial charge in [-0.3, -0.25) is 0 Å². The number of benzene rings is 2. The molecular formula is C22H30Cl2NO2+. The van der Waals surface area contributed by atoms with Gasteiger partial charge in [0.25, 0.3) is 0 Å². The molecular weight excluding hydrogens is 381 g/mol. The topological polar surface area (TPSA) is 46.1 Å². The minimum absolute atomic E-state index is 0.116. The van der Waals surface area contributed by atoms with Crippen LogP contribution < -0.4 is 10.1 Å². The molecule has 0 unspecified atom stereocenters. The number of hydrogen-bond acceptors (Lipinski definition) is 2. The average molecular weight is 411 g/mol. The van der Waals surface area contributed by atoms with Gasteiger partial charge >= 0.3 is 0 Å². The number of aliphatic hydroxyl groups is 1. The first-order chi connectivity index (χ1) is 12.7. The van der Waals surface area contributed by atoms with Crippen LogP contribution in [0.4, 0.5) is 0 Å². The lowest BCUT2D eigenvalue weighted by atomic mass is 9.86. The molecule has 0 radical (unpaired) electrons. The molecule has 5 heteroatoms. The van der Waals surface area contributed by atoms with Gasteiger partial charge in [0.05, 0.1) is 6.54 Å². The zero-order valence-electron chi connectivity index (χ0n) is 16.6. The van der Waals surface area contributed by atoms with Gasteiger partial charge in [-0.2, -0.15) is 0 Å².